The number of benzene rings is 1. The zero-order chi connectivity index (χ0) is 16.5. The summed E-state index contributed by atoms with van der Waals surface area (Å²) in [6, 6.07) is 4.59. The van der Waals surface area contributed by atoms with Gasteiger partial charge in [-0.3, -0.25) is 9.03 Å². The van der Waals surface area contributed by atoms with Crippen molar-refractivity contribution in [2.24, 2.45) is 0 Å². The van der Waals surface area contributed by atoms with Crippen LogP contribution in [0, 0.1) is 0 Å². The minimum atomic E-state index is -3.72. The van der Waals surface area contributed by atoms with E-state index < -0.39 is 20.2 Å². The van der Waals surface area contributed by atoms with E-state index in [9.17, 15) is 16.8 Å². The van der Waals surface area contributed by atoms with Gasteiger partial charge in [0.1, 0.15) is 5.75 Å². The highest BCUT2D eigenvalue weighted by Crippen LogP contribution is 2.33. The van der Waals surface area contributed by atoms with E-state index in [0.717, 1.165) is 4.31 Å². The molecule has 1 aromatic carbocycles. The first-order valence-electron chi connectivity index (χ1n) is 6.56. The molecule has 1 aromatic rings. The Kier molecular flexibility index (Phi) is 4.54. The van der Waals surface area contributed by atoms with Crippen molar-refractivity contribution in [3.8, 4) is 5.75 Å². The maximum absolute atomic E-state index is 12.0. The number of anilines is 2. The van der Waals surface area contributed by atoms with Crippen LogP contribution in [0.25, 0.3) is 0 Å². The molecule has 0 amide bonds. The van der Waals surface area contributed by atoms with E-state index in [1.165, 1.54) is 37.6 Å². The molecule has 1 aliphatic heterocycles. The summed E-state index contributed by atoms with van der Waals surface area (Å²) in [5.74, 6) is 0.406. The number of methoxy groups -OCH3 is 1. The summed E-state index contributed by atoms with van der Waals surface area (Å²) < 4.78 is 57.7. The Balaban J connectivity index is 2.43. The van der Waals surface area contributed by atoms with Crippen LogP contribution in [0.4, 0.5) is 11.4 Å². The lowest BCUT2D eigenvalue weighted by Crippen LogP contribution is -2.29. The predicted molar refractivity (Wildman–Crippen MR) is 85.0 cm³/mol. The number of nitrogens with one attached hydrogen (secondary N) is 1. The standard InChI is InChI=1S/C12H19N3O5S2/c1-14(2)22(18,19)13-11-9-10(5-6-12(11)20-3)15-7-4-8-21(15,16)17/h5-6,9,13H,4,7-8H2,1-3H3. The maximum Gasteiger partial charge on any atom is 0.301 e. The molecule has 1 fully saturated rings. The Morgan fingerprint density at radius 3 is 2.50 bits per heavy atom. The molecule has 1 aliphatic rings. The lowest BCUT2D eigenvalue weighted by molar-refractivity contribution is 0.416. The van der Waals surface area contributed by atoms with Crippen LogP contribution >= 0.6 is 0 Å². The molecule has 0 radical (unpaired) electrons. The average Bonchev–Trinajstić information content (AvgIpc) is 2.77. The summed E-state index contributed by atoms with van der Waals surface area (Å²) in [4.78, 5) is 0. The first-order chi connectivity index (χ1) is 10.2. The molecule has 0 spiro atoms. The van der Waals surface area contributed by atoms with Gasteiger partial charge in [-0.15, -0.1) is 0 Å². The quantitative estimate of drug-likeness (QED) is 0.833. The molecule has 1 N–H and O–H groups in total. The summed E-state index contributed by atoms with van der Waals surface area (Å²) in [7, 11) is -2.85. The lowest BCUT2D eigenvalue weighted by atomic mass is 10.2. The molecule has 0 saturated carbocycles. The summed E-state index contributed by atoms with van der Waals surface area (Å²) in [6.45, 7) is 0.383. The van der Waals surface area contributed by atoms with Gasteiger partial charge in [0.05, 0.1) is 24.2 Å². The largest absolute Gasteiger partial charge is 0.495 e. The molecule has 22 heavy (non-hydrogen) atoms. The van der Waals surface area contributed by atoms with Crippen molar-refractivity contribution >= 4 is 31.6 Å². The minimum absolute atomic E-state index is 0.0950. The van der Waals surface area contributed by atoms with Gasteiger partial charge >= 0.3 is 10.2 Å². The minimum Gasteiger partial charge on any atom is -0.495 e. The van der Waals surface area contributed by atoms with E-state index in [-0.39, 0.29) is 11.4 Å². The second kappa shape index (κ2) is 5.94. The number of nitrogens with zero attached hydrogens (tertiary/aromatic N) is 2. The van der Waals surface area contributed by atoms with Crippen LogP contribution in [0.1, 0.15) is 6.42 Å². The Morgan fingerprint density at radius 1 is 1.32 bits per heavy atom. The molecule has 1 saturated heterocycles. The third-order valence-corrected chi connectivity index (χ3v) is 6.60. The van der Waals surface area contributed by atoms with Gasteiger partial charge in [0.15, 0.2) is 0 Å². The topological polar surface area (TPSA) is 96.0 Å². The van der Waals surface area contributed by atoms with Crippen molar-refractivity contribution in [3.05, 3.63) is 18.2 Å². The molecule has 0 aliphatic carbocycles. The van der Waals surface area contributed by atoms with Gasteiger partial charge in [-0.2, -0.15) is 12.7 Å². The average molecular weight is 349 g/mol. The number of ether oxygens (including phenoxy) is 1. The van der Waals surface area contributed by atoms with Crippen molar-refractivity contribution in [2.45, 2.75) is 6.42 Å². The molecule has 8 nitrogen and oxygen atoms in total. The van der Waals surface area contributed by atoms with Crippen molar-refractivity contribution < 1.29 is 21.6 Å². The number of sulfonamides is 1. The van der Waals surface area contributed by atoms with Gasteiger partial charge < -0.3 is 4.74 Å². The summed E-state index contributed by atoms with van der Waals surface area (Å²) in [6.07, 6.45) is 0.549. The van der Waals surface area contributed by atoms with Crippen molar-refractivity contribution in [1.82, 2.24) is 4.31 Å². The van der Waals surface area contributed by atoms with E-state index >= 15 is 0 Å². The molecule has 124 valence electrons. The van der Waals surface area contributed by atoms with Crippen molar-refractivity contribution in [1.29, 1.82) is 0 Å². The molecule has 1 heterocycles. The first kappa shape index (κ1) is 16.8. The Morgan fingerprint density at radius 2 is 2.00 bits per heavy atom. The summed E-state index contributed by atoms with van der Waals surface area (Å²) in [5.41, 5.74) is 0.602. The van der Waals surface area contributed by atoms with Gasteiger partial charge in [-0.05, 0) is 24.6 Å². The molecule has 0 aromatic heterocycles. The Hall–Kier alpha value is -1.52. The predicted octanol–water partition coefficient (Wildman–Crippen LogP) is 0.453. The van der Waals surface area contributed by atoms with Gasteiger partial charge in [-0.25, -0.2) is 8.42 Å². The van der Waals surface area contributed by atoms with E-state index in [1.807, 2.05) is 0 Å². The van der Waals surface area contributed by atoms with E-state index in [1.54, 1.807) is 6.07 Å². The lowest BCUT2D eigenvalue weighted by Gasteiger charge is -2.20. The van der Waals surface area contributed by atoms with E-state index in [0.29, 0.717) is 24.4 Å². The van der Waals surface area contributed by atoms with Gasteiger partial charge in [0.2, 0.25) is 10.0 Å². The van der Waals surface area contributed by atoms with Gasteiger partial charge in [0, 0.05) is 20.6 Å². The second-order valence-corrected chi connectivity index (χ2v) is 8.91. The van der Waals surface area contributed by atoms with Crippen LogP contribution in [-0.4, -0.2) is 54.6 Å². The molecule has 2 rings (SSSR count). The fourth-order valence-electron chi connectivity index (χ4n) is 2.09. The summed E-state index contributed by atoms with van der Waals surface area (Å²) in [5, 5.41) is 0. The molecular formula is C12H19N3O5S2. The molecule has 0 unspecified atom stereocenters. The number of hydrogen-bond donors (Lipinski definition) is 1. The third kappa shape index (κ3) is 3.28. The highest BCUT2D eigenvalue weighted by atomic mass is 32.2. The van der Waals surface area contributed by atoms with Gasteiger partial charge in [0.25, 0.3) is 0 Å². The van der Waals surface area contributed by atoms with Crippen molar-refractivity contribution in [3.63, 3.8) is 0 Å². The highest BCUT2D eigenvalue weighted by molar-refractivity contribution is 7.93. The monoisotopic (exact) mass is 349 g/mol. The smallest absolute Gasteiger partial charge is 0.301 e. The Labute approximate surface area is 130 Å². The van der Waals surface area contributed by atoms with E-state index in [2.05, 4.69) is 4.72 Å². The van der Waals surface area contributed by atoms with Crippen molar-refractivity contribution in [2.75, 3.05) is 42.5 Å². The molecule has 0 atom stereocenters. The fourth-order valence-corrected chi connectivity index (χ4v) is 4.27. The zero-order valence-electron chi connectivity index (χ0n) is 12.6. The highest BCUT2D eigenvalue weighted by Gasteiger charge is 2.29. The third-order valence-electron chi connectivity index (χ3n) is 3.29. The van der Waals surface area contributed by atoms with Crippen LogP contribution < -0.4 is 13.8 Å². The van der Waals surface area contributed by atoms with Crippen LogP contribution in [0.5, 0.6) is 5.75 Å². The number of rotatable bonds is 5. The Bertz CT molecular complexity index is 759. The molecular weight excluding hydrogens is 330 g/mol. The normalized spacial score (nSPS) is 17.7. The first-order valence-corrected chi connectivity index (χ1v) is 9.61. The zero-order valence-corrected chi connectivity index (χ0v) is 14.2. The van der Waals surface area contributed by atoms with Gasteiger partial charge in [-0.1, -0.05) is 0 Å². The number of hydrogen-bond acceptors (Lipinski definition) is 5. The second-order valence-electron chi connectivity index (χ2n) is 5.02. The van der Waals surface area contributed by atoms with Crippen LogP contribution in [0.15, 0.2) is 18.2 Å². The summed E-state index contributed by atoms with van der Waals surface area (Å²) >= 11 is 0. The van der Waals surface area contributed by atoms with Crippen LogP contribution in [0.2, 0.25) is 0 Å². The maximum atomic E-state index is 12.0. The SMILES string of the molecule is COc1ccc(N2CCCS2(=O)=O)cc1NS(=O)(=O)N(C)C. The van der Waals surface area contributed by atoms with Crippen LogP contribution in [0.3, 0.4) is 0 Å². The van der Waals surface area contributed by atoms with E-state index in [4.69, 9.17) is 4.74 Å². The van der Waals surface area contributed by atoms with Crippen LogP contribution in [-0.2, 0) is 20.2 Å². The fraction of sp³-hybridized carbons (Fsp3) is 0.500. The molecule has 10 heteroatoms. The molecule has 0 bridgehead atoms.